The molecule has 0 bridgehead atoms. The minimum Gasteiger partial charge on any atom is -0.459 e. The molecular weight excluding hydrogens is 318 g/mol. The van der Waals surface area contributed by atoms with Crippen LogP contribution in [0.25, 0.3) is 11.0 Å². The summed E-state index contributed by atoms with van der Waals surface area (Å²) < 4.78 is 8.85. The SMILES string of the molecule is CC(NCCn1cccn1)c1cc2cc(Br)ccc2o1. The van der Waals surface area contributed by atoms with Crippen LogP contribution in [0.1, 0.15) is 18.7 Å². The van der Waals surface area contributed by atoms with Crippen molar-refractivity contribution in [3.63, 3.8) is 0 Å². The van der Waals surface area contributed by atoms with E-state index in [4.69, 9.17) is 4.42 Å². The summed E-state index contributed by atoms with van der Waals surface area (Å²) in [4.78, 5) is 0. The fourth-order valence-corrected chi connectivity index (χ4v) is 2.56. The Labute approximate surface area is 125 Å². The zero-order chi connectivity index (χ0) is 13.9. The molecule has 0 saturated heterocycles. The van der Waals surface area contributed by atoms with Crippen LogP contribution in [-0.4, -0.2) is 16.3 Å². The number of furan rings is 1. The molecule has 0 amide bonds. The second kappa shape index (κ2) is 5.81. The average Bonchev–Trinajstić information content (AvgIpc) is 3.06. The molecule has 1 unspecified atom stereocenters. The van der Waals surface area contributed by atoms with Gasteiger partial charge in [-0.25, -0.2) is 0 Å². The van der Waals surface area contributed by atoms with Crippen molar-refractivity contribution >= 4 is 26.9 Å². The highest BCUT2D eigenvalue weighted by atomic mass is 79.9. The number of halogens is 1. The molecule has 0 aliphatic rings. The smallest absolute Gasteiger partial charge is 0.134 e. The van der Waals surface area contributed by atoms with E-state index in [0.717, 1.165) is 34.3 Å². The lowest BCUT2D eigenvalue weighted by molar-refractivity contribution is 0.435. The lowest BCUT2D eigenvalue weighted by atomic mass is 10.2. The van der Waals surface area contributed by atoms with Gasteiger partial charge in [-0.05, 0) is 37.3 Å². The Morgan fingerprint density at radius 2 is 2.30 bits per heavy atom. The Morgan fingerprint density at radius 1 is 1.40 bits per heavy atom. The van der Waals surface area contributed by atoms with Gasteiger partial charge in [-0.2, -0.15) is 5.10 Å². The van der Waals surface area contributed by atoms with E-state index in [9.17, 15) is 0 Å². The first-order chi connectivity index (χ1) is 9.72. The van der Waals surface area contributed by atoms with E-state index in [2.05, 4.69) is 45.4 Å². The van der Waals surface area contributed by atoms with Crippen LogP contribution < -0.4 is 5.32 Å². The molecule has 2 aromatic heterocycles. The number of rotatable bonds is 5. The number of aromatic nitrogens is 2. The van der Waals surface area contributed by atoms with E-state index in [1.165, 1.54) is 0 Å². The molecule has 0 spiro atoms. The third-order valence-corrected chi connectivity index (χ3v) is 3.77. The molecule has 3 rings (SSSR count). The fraction of sp³-hybridized carbons (Fsp3) is 0.267. The Hall–Kier alpha value is -1.59. The number of nitrogens with zero attached hydrogens (tertiary/aromatic N) is 2. The van der Waals surface area contributed by atoms with Gasteiger partial charge in [-0.15, -0.1) is 0 Å². The third kappa shape index (κ3) is 2.94. The predicted octanol–water partition coefficient (Wildman–Crippen LogP) is 3.74. The minimum atomic E-state index is 0.178. The van der Waals surface area contributed by atoms with E-state index in [-0.39, 0.29) is 6.04 Å². The van der Waals surface area contributed by atoms with Crippen molar-refractivity contribution in [3.05, 3.63) is 53.0 Å². The molecule has 1 aromatic carbocycles. The first-order valence-electron chi connectivity index (χ1n) is 6.62. The summed E-state index contributed by atoms with van der Waals surface area (Å²) in [6.45, 7) is 3.81. The molecule has 5 heteroatoms. The van der Waals surface area contributed by atoms with Gasteiger partial charge in [0, 0.05) is 28.8 Å². The van der Waals surface area contributed by atoms with Gasteiger partial charge in [0.15, 0.2) is 0 Å². The first kappa shape index (κ1) is 13.4. The molecule has 0 aliphatic carbocycles. The summed E-state index contributed by atoms with van der Waals surface area (Å²) in [7, 11) is 0. The van der Waals surface area contributed by atoms with Crippen molar-refractivity contribution in [2.75, 3.05) is 6.54 Å². The standard InChI is InChI=1S/C15H16BrN3O/c1-11(17-6-8-19-7-2-5-18-19)15-10-12-9-13(16)3-4-14(12)20-15/h2-5,7,9-11,17H,6,8H2,1H3. The van der Waals surface area contributed by atoms with Crippen LogP contribution in [0.5, 0.6) is 0 Å². The van der Waals surface area contributed by atoms with Crippen molar-refractivity contribution < 1.29 is 4.42 Å². The Bertz CT molecular complexity index is 690. The number of nitrogens with one attached hydrogen (secondary N) is 1. The van der Waals surface area contributed by atoms with Gasteiger partial charge >= 0.3 is 0 Å². The van der Waals surface area contributed by atoms with Crippen molar-refractivity contribution in [1.82, 2.24) is 15.1 Å². The van der Waals surface area contributed by atoms with Gasteiger partial charge in [-0.1, -0.05) is 15.9 Å². The fourth-order valence-electron chi connectivity index (χ4n) is 2.18. The largest absolute Gasteiger partial charge is 0.459 e. The molecule has 1 N–H and O–H groups in total. The van der Waals surface area contributed by atoms with Gasteiger partial charge in [0.1, 0.15) is 11.3 Å². The lowest BCUT2D eigenvalue weighted by Gasteiger charge is -2.10. The Balaban J connectivity index is 1.64. The van der Waals surface area contributed by atoms with Gasteiger partial charge in [0.25, 0.3) is 0 Å². The molecule has 20 heavy (non-hydrogen) atoms. The molecule has 0 fully saturated rings. The van der Waals surface area contributed by atoms with Crippen LogP contribution in [0.15, 0.2) is 51.6 Å². The van der Waals surface area contributed by atoms with Crippen LogP contribution in [0, 0.1) is 0 Å². The summed E-state index contributed by atoms with van der Waals surface area (Å²) in [5.74, 6) is 0.957. The molecule has 2 heterocycles. The first-order valence-corrected chi connectivity index (χ1v) is 7.41. The van der Waals surface area contributed by atoms with Gasteiger partial charge < -0.3 is 9.73 Å². The minimum absolute atomic E-state index is 0.178. The summed E-state index contributed by atoms with van der Waals surface area (Å²) >= 11 is 3.48. The van der Waals surface area contributed by atoms with Gasteiger partial charge in [0.2, 0.25) is 0 Å². The maximum atomic E-state index is 5.87. The second-order valence-electron chi connectivity index (χ2n) is 4.78. The average molecular weight is 334 g/mol. The van der Waals surface area contributed by atoms with Crippen LogP contribution in [0.4, 0.5) is 0 Å². The normalized spacial score (nSPS) is 12.9. The van der Waals surface area contributed by atoms with Crippen LogP contribution >= 0.6 is 15.9 Å². The van der Waals surface area contributed by atoms with Crippen molar-refractivity contribution in [1.29, 1.82) is 0 Å². The Morgan fingerprint density at radius 3 is 3.10 bits per heavy atom. The monoisotopic (exact) mass is 333 g/mol. The molecule has 1 atom stereocenters. The van der Waals surface area contributed by atoms with Gasteiger partial charge in [0.05, 0.1) is 12.6 Å². The summed E-state index contributed by atoms with van der Waals surface area (Å²) in [6.07, 6.45) is 3.76. The number of fused-ring (bicyclic) bond motifs is 1. The molecule has 0 aliphatic heterocycles. The molecular formula is C15H16BrN3O. The maximum absolute atomic E-state index is 5.87. The second-order valence-corrected chi connectivity index (χ2v) is 5.69. The highest BCUT2D eigenvalue weighted by Gasteiger charge is 2.11. The van der Waals surface area contributed by atoms with E-state index >= 15 is 0 Å². The summed E-state index contributed by atoms with van der Waals surface area (Å²) in [5, 5.41) is 8.75. The lowest BCUT2D eigenvalue weighted by Crippen LogP contribution is -2.23. The van der Waals surface area contributed by atoms with E-state index < -0.39 is 0 Å². The quantitative estimate of drug-likeness (QED) is 0.773. The molecule has 4 nitrogen and oxygen atoms in total. The van der Waals surface area contributed by atoms with Crippen LogP contribution in [-0.2, 0) is 6.54 Å². The van der Waals surface area contributed by atoms with E-state index in [1.807, 2.05) is 29.1 Å². The zero-order valence-corrected chi connectivity index (χ0v) is 12.8. The van der Waals surface area contributed by atoms with Crippen molar-refractivity contribution in [3.8, 4) is 0 Å². The van der Waals surface area contributed by atoms with Crippen LogP contribution in [0.3, 0.4) is 0 Å². The van der Waals surface area contributed by atoms with E-state index in [0.29, 0.717) is 0 Å². The van der Waals surface area contributed by atoms with Gasteiger partial charge in [-0.3, -0.25) is 4.68 Å². The third-order valence-electron chi connectivity index (χ3n) is 3.27. The molecule has 0 radical (unpaired) electrons. The molecule has 0 saturated carbocycles. The van der Waals surface area contributed by atoms with Crippen molar-refractivity contribution in [2.45, 2.75) is 19.5 Å². The van der Waals surface area contributed by atoms with Crippen molar-refractivity contribution in [2.24, 2.45) is 0 Å². The number of benzene rings is 1. The Kier molecular flexibility index (Phi) is 3.89. The summed E-state index contributed by atoms with van der Waals surface area (Å²) in [6, 6.07) is 10.2. The molecule has 3 aromatic rings. The van der Waals surface area contributed by atoms with Crippen LogP contribution in [0.2, 0.25) is 0 Å². The summed E-state index contributed by atoms with van der Waals surface area (Å²) in [5.41, 5.74) is 0.920. The number of hydrogen-bond donors (Lipinski definition) is 1. The number of hydrogen-bond acceptors (Lipinski definition) is 3. The topological polar surface area (TPSA) is 43.0 Å². The highest BCUT2D eigenvalue weighted by Crippen LogP contribution is 2.26. The maximum Gasteiger partial charge on any atom is 0.134 e. The highest BCUT2D eigenvalue weighted by molar-refractivity contribution is 9.10. The predicted molar refractivity (Wildman–Crippen MR) is 82.6 cm³/mol. The molecule has 104 valence electrons. The zero-order valence-electron chi connectivity index (χ0n) is 11.2. The van der Waals surface area contributed by atoms with E-state index in [1.54, 1.807) is 6.20 Å².